The van der Waals surface area contributed by atoms with Crippen LogP contribution in [0.15, 0.2) is 24.3 Å². The van der Waals surface area contributed by atoms with Crippen LogP contribution in [0, 0.1) is 6.57 Å². The molecule has 0 amide bonds. The minimum absolute atomic E-state index is 0.661. The van der Waals surface area contributed by atoms with E-state index in [9.17, 15) is 0 Å². The van der Waals surface area contributed by atoms with Crippen molar-refractivity contribution in [3.8, 4) is 5.75 Å². The fraction of sp³-hybridized carbons (Fsp3) is 0.611. The van der Waals surface area contributed by atoms with Crippen LogP contribution < -0.4 is 4.74 Å². The average Bonchev–Trinajstić information content (AvgIpc) is 2.51. The van der Waals surface area contributed by atoms with Crippen molar-refractivity contribution in [1.29, 1.82) is 0 Å². The molecular formula is C18H28N2O. The van der Waals surface area contributed by atoms with Crippen LogP contribution >= 0.6 is 0 Å². The van der Waals surface area contributed by atoms with Crippen molar-refractivity contribution in [2.75, 3.05) is 26.2 Å². The lowest BCUT2D eigenvalue weighted by Gasteiger charge is -2.20. The highest BCUT2D eigenvalue weighted by molar-refractivity contribution is 5.46. The van der Waals surface area contributed by atoms with Crippen molar-refractivity contribution in [1.82, 2.24) is 4.90 Å². The monoisotopic (exact) mass is 288 g/mol. The standard InChI is InChI=1S/C18H28N2O/c1-4-13-20(14-5-2)15-7-6-8-16-21-18-11-9-17(19-3)10-12-18/h9-12H,4-8,13-16H2,1-2H3. The SMILES string of the molecule is [C-]#[N+]c1ccc(OCCCCCN(CCC)CCC)cc1. The Bertz CT molecular complexity index is 402. The molecular weight excluding hydrogens is 260 g/mol. The van der Waals surface area contributed by atoms with E-state index in [0.29, 0.717) is 5.69 Å². The Morgan fingerprint density at radius 2 is 1.62 bits per heavy atom. The first-order valence-corrected chi connectivity index (χ1v) is 8.12. The lowest BCUT2D eigenvalue weighted by molar-refractivity contribution is 0.259. The Labute approximate surface area is 129 Å². The lowest BCUT2D eigenvalue weighted by Crippen LogP contribution is -2.26. The number of benzene rings is 1. The fourth-order valence-corrected chi connectivity index (χ4v) is 2.39. The van der Waals surface area contributed by atoms with Crippen LogP contribution in [0.4, 0.5) is 5.69 Å². The highest BCUT2D eigenvalue weighted by Crippen LogP contribution is 2.18. The molecule has 21 heavy (non-hydrogen) atoms. The average molecular weight is 288 g/mol. The molecule has 0 saturated heterocycles. The molecule has 0 saturated carbocycles. The quantitative estimate of drug-likeness (QED) is 0.425. The van der Waals surface area contributed by atoms with Gasteiger partial charge in [-0.05, 0) is 63.9 Å². The van der Waals surface area contributed by atoms with Crippen LogP contribution in [-0.4, -0.2) is 31.1 Å². The molecule has 0 aliphatic heterocycles. The van der Waals surface area contributed by atoms with E-state index in [1.165, 1.54) is 45.3 Å². The molecule has 1 aromatic carbocycles. The van der Waals surface area contributed by atoms with E-state index in [4.69, 9.17) is 11.3 Å². The summed E-state index contributed by atoms with van der Waals surface area (Å²) in [6.45, 7) is 15.8. The van der Waals surface area contributed by atoms with Crippen LogP contribution in [0.1, 0.15) is 46.0 Å². The molecule has 0 N–H and O–H groups in total. The third kappa shape index (κ3) is 7.72. The molecule has 0 spiro atoms. The van der Waals surface area contributed by atoms with Crippen molar-refractivity contribution in [2.45, 2.75) is 46.0 Å². The number of hydrogen-bond donors (Lipinski definition) is 0. The number of nitrogens with zero attached hydrogens (tertiary/aromatic N) is 2. The topological polar surface area (TPSA) is 16.8 Å². The second kappa shape index (κ2) is 11.2. The van der Waals surface area contributed by atoms with Gasteiger partial charge in [-0.25, -0.2) is 4.85 Å². The van der Waals surface area contributed by atoms with Crippen LogP contribution in [0.3, 0.4) is 0 Å². The first kappa shape index (κ1) is 17.5. The summed E-state index contributed by atoms with van der Waals surface area (Å²) in [4.78, 5) is 5.93. The van der Waals surface area contributed by atoms with Gasteiger partial charge in [-0.1, -0.05) is 26.0 Å². The Morgan fingerprint density at radius 3 is 2.19 bits per heavy atom. The summed E-state index contributed by atoms with van der Waals surface area (Å²) in [7, 11) is 0. The van der Waals surface area contributed by atoms with Crippen molar-refractivity contribution >= 4 is 5.69 Å². The predicted octanol–water partition coefficient (Wildman–Crippen LogP) is 4.91. The van der Waals surface area contributed by atoms with Gasteiger partial charge in [0.15, 0.2) is 5.69 Å². The Morgan fingerprint density at radius 1 is 0.952 bits per heavy atom. The van der Waals surface area contributed by atoms with E-state index in [2.05, 4.69) is 23.6 Å². The maximum Gasteiger partial charge on any atom is 0.187 e. The number of unbranched alkanes of at least 4 members (excludes halogenated alkanes) is 2. The maximum atomic E-state index is 6.90. The third-order valence-corrected chi connectivity index (χ3v) is 3.43. The zero-order chi connectivity index (χ0) is 15.3. The normalized spacial score (nSPS) is 10.6. The van der Waals surface area contributed by atoms with Crippen molar-refractivity contribution in [3.63, 3.8) is 0 Å². The molecule has 1 aromatic rings. The molecule has 0 fully saturated rings. The van der Waals surface area contributed by atoms with Gasteiger partial charge in [0.2, 0.25) is 0 Å². The van der Waals surface area contributed by atoms with Gasteiger partial charge in [0.1, 0.15) is 5.75 Å². The molecule has 0 bridgehead atoms. The van der Waals surface area contributed by atoms with Crippen molar-refractivity contribution < 1.29 is 4.74 Å². The molecule has 1 rings (SSSR count). The van der Waals surface area contributed by atoms with E-state index in [1.807, 2.05) is 12.1 Å². The Balaban J connectivity index is 2.09. The minimum Gasteiger partial charge on any atom is -0.494 e. The molecule has 0 atom stereocenters. The Hall–Kier alpha value is -1.53. The first-order valence-electron chi connectivity index (χ1n) is 8.12. The van der Waals surface area contributed by atoms with E-state index in [-0.39, 0.29) is 0 Å². The van der Waals surface area contributed by atoms with E-state index in [1.54, 1.807) is 12.1 Å². The summed E-state index contributed by atoms with van der Waals surface area (Å²) in [5.74, 6) is 0.862. The van der Waals surface area contributed by atoms with Gasteiger partial charge >= 0.3 is 0 Å². The fourth-order valence-electron chi connectivity index (χ4n) is 2.39. The molecule has 0 heterocycles. The molecule has 116 valence electrons. The van der Waals surface area contributed by atoms with Crippen LogP contribution in [0.5, 0.6) is 5.75 Å². The summed E-state index contributed by atoms with van der Waals surface area (Å²) < 4.78 is 5.69. The largest absolute Gasteiger partial charge is 0.494 e. The molecule has 0 unspecified atom stereocenters. The number of rotatable bonds is 11. The highest BCUT2D eigenvalue weighted by Gasteiger charge is 2.02. The summed E-state index contributed by atoms with van der Waals surface area (Å²) in [5, 5.41) is 0. The Kier molecular flexibility index (Phi) is 9.32. The second-order valence-corrected chi connectivity index (χ2v) is 5.36. The van der Waals surface area contributed by atoms with Gasteiger partial charge in [-0.15, -0.1) is 0 Å². The summed E-state index contributed by atoms with van der Waals surface area (Å²) in [6, 6.07) is 7.35. The molecule has 3 nitrogen and oxygen atoms in total. The van der Waals surface area contributed by atoms with Gasteiger partial charge in [-0.3, -0.25) is 0 Å². The smallest absolute Gasteiger partial charge is 0.187 e. The van der Waals surface area contributed by atoms with Gasteiger partial charge in [0.25, 0.3) is 0 Å². The number of hydrogen-bond acceptors (Lipinski definition) is 2. The molecule has 3 heteroatoms. The summed E-state index contributed by atoms with van der Waals surface area (Å²) in [6.07, 6.45) is 6.04. The summed E-state index contributed by atoms with van der Waals surface area (Å²) >= 11 is 0. The molecule has 0 aromatic heterocycles. The van der Waals surface area contributed by atoms with Crippen LogP contribution in [-0.2, 0) is 0 Å². The van der Waals surface area contributed by atoms with E-state index < -0.39 is 0 Å². The van der Waals surface area contributed by atoms with Crippen molar-refractivity contribution in [2.24, 2.45) is 0 Å². The van der Waals surface area contributed by atoms with Gasteiger partial charge in [-0.2, -0.15) is 0 Å². The molecule has 0 aliphatic rings. The van der Waals surface area contributed by atoms with Gasteiger partial charge in [0.05, 0.1) is 13.2 Å². The van der Waals surface area contributed by atoms with E-state index >= 15 is 0 Å². The molecule has 0 radical (unpaired) electrons. The van der Waals surface area contributed by atoms with Gasteiger partial charge in [0, 0.05) is 0 Å². The lowest BCUT2D eigenvalue weighted by atomic mass is 10.2. The second-order valence-electron chi connectivity index (χ2n) is 5.36. The zero-order valence-electron chi connectivity index (χ0n) is 13.5. The highest BCUT2D eigenvalue weighted by atomic mass is 16.5. The third-order valence-electron chi connectivity index (χ3n) is 3.43. The maximum absolute atomic E-state index is 6.90. The number of ether oxygens (including phenoxy) is 1. The van der Waals surface area contributed by atoms with Crippen LogP contribution in [0.2, 0.25) is 0 Å². The van der Waals surface area contributed by atoms with Crippen LogP contribution in [0.25, 0.3) is 4.85 Å². The van der Waals surface area contributed by atoms with Crippen molar-refractivity contribution in [3.05, 3.63) is 35.7 Å². The first-order chi connectivity index (χ1) is 10.3. The van der Waals surface area contributed by atoms with Gasteiger partial charge < -0.3 is 9.64 Å². The van der Waals surface area contributed by atoms with E-state index in [0.717, 1.165) is 18.8 Å². The summed E-state index contributed by atoms with van der Waals surface area (Å²) in [5.41, 5.74) is 0.661. The predicted molar refractivity (Wildman–Crippen MR) is 89.1 cm³/mol. The molecule has 0 aliphatic carbocycles. The minimum atomic E-state index is 0.661. The zero-order valence-corrected chi connectivity index (χ0v) is 13.5.